The molecule has 0 saturated carbocycles. The molecule has 0 radical (unpaired) electrons. The van der Waals surface area contributed by atoms with Gasteiger partial charge in [0.1, 0.15) is 19.0 Å². The molecule has 0 atom stereocenters. The fourth-order valence-corrected chi connectivity index (χ4v) is 0.641. The van der Waals surface area contributed by atoms with Gasteiger partial charge in [-0.3, -0.25) is 10.6 Å². The molecule has 1 heterocycles. The maximum atomic E-state index is 8.17. The Labute approximate surface area is 90.2 Å². The van der Waals surface area contributed by atoms with Gasteiger partial charge in [-0.15, -0.1) is 0 Å². The third-order valence-electron chi connectivity index (χ3n) is 1.16. The van der Waals surface area contributed by atoms with E-state index >= 15 is 0 Å². The maximum absolute atomic E-state index is 8.17. The average Bonchev–Trinajstić information content (AvgIpc) is 2.30. The molecule has 16 heavy (non-hydrogen) atoms. The van der Waals surface area contributed by atoms with E-state index in [9.17, 15) is 0 Å². The second-order valence-electron chi connectivity index (χ2n) is 2.11. The van der Waals surface area contributed by atoms with Gasteiger partial charge in [-0.05, 0) is 0 Å². The fraction of sp³-hybridized carbons (Fsp3) is 0. The molecule has 0 saturated heterocycles. The molecule has 9 heteroatoms. The van der Waals surface area contributed by atoms with Crippen LogP contribution in [0.3, 0.4) is 0 Å². The molecule has 1 aromatic heterocycles. The van der Waals surface area contributed by atoms with E-state index in [1.54, 1.807) is 12.4 Å². The van der Waals surface area contributed by atoms with Crippen LogP contribution in [0.1, 0.15) is 0 Å². The molecule has 1 rings (SSSR count). The molecule has 0 aliphatic carbocycles. The molecule has 0 amide bonds. The Hall–Kier alpha value is -3.07. The highest BCUT2D eigenvalue weighted by Crippen LogP contribution is 2.06. The quantitative estimate of drug-likeness (QED) is 0.294. The predicted molar refractivity (Wildman–Crippen MR) is 53.6 cm³/mol. The molecule has 0 aromatic carbocycles. The molecule has 0 aliphatic heterocycles. The molecule has 78 valence electrons. The second kappa shape index (κ2) is 6.39. The summed E-state index contributed by atoms with van der Waals surface area (Å²) in [6.07, 6.45) is 6.78. The van der Waals surface area contributed by atoms with Crippen LogP contribution in [-0.4, -0.2) is 27.6 Å². The van der Waals surface area contributed by atoms with E-state index in [2.05, 4.69) is 35.6 Å². The van der Waals surface area contributed by atoms with Crippen molar-refractivity contribution in [2.75, 3.05) is 0 Å². The van der Waals surface area contributed by atoms with Crippen LogP contribution >= 0.6 is 0 Å². The first-order chi connectivity index (χ1) is 7.86. The number of rotatable bonds is 4. The van der Waals surface area contributed by atoms with E-state index in [0.29, 0.717) is 0 Å². The molecular formula is C7H5N9. The Morgan fingerprint density at radius 3 is 2.00 bits per heavy atom. The third kappa shape index (κ3) is 3.76. The highest BCUT2D eigenvalue weighted by molar-refractivity contribution is 5.61. The van der Waals surface area contributed by atoms with Crippen molar-refractivity contribution in [1.29, 1.82) is 10.5 Å². The molecule has 0 bridgehead atoms. The fourth-order valence-electron chi connectivity index (χ4n) is 0.641. The molecule has 9 nitrogen and oxygen atoms in total. The zero-order valence-electron chi connectivity index (χ0n) is 7.86. The van der Waals surface area contributed by atoms with Crippen molar-refractivity contribution in [2.24, 2.45) is 9.98 Å². The normalized spacial score (nSPS) is 9.88. The minimum absolute atomic E-state index is 0.0989. The van der Waals surface area contributed by atoms with Crippen LogP contribution in [0.4, 0.5) is 11.9 Å². The van der Waals surface area contributed by atoms with Crippen LogP contribution in [0.15, 0.2) is 16.3 Å². The number of aromatic nitrogens is 3. The van der Waals surface area contributed by atoms with Crippen molar-refractivity contribution in [1.82, 2.24) is 25.6 Å². The zero-order chi connectivity index (χ0) is 11.6. The minimum atomic E-state index is 0.0989. The molecule has 0 fully saturated rings. The largest absolute Gasteiger partial charge is 0.283 e. The summed E-state index contributed by atoms with van der Waals surface area (Å²) in [4.78, 5) is 18.6. The summed E-state index contributed by atoms with van der Waals surface area (Å²) in [7, 11) is 0. The van der Waals surface area contributed by atoms with Crippen LogP contribution in [-0.2, 0) is 0 Å². The van der Waals surface area contributed by atoms with E-state index in [4.69, 9.17) is 10.5 Å². The van der Waals surface area contributed by atoms with Gasteiger partial charge in [0.05, 0.1) is 0 Å². The Morgan fingerprint density at radius 1 is 1.06 bits per heavy atom. The number of hydrogen-bond donors (Lipinski definition) is 2. The first kappa shape index (κ1) is 11.0. The summed E-state index contributed by atoms with van der Waals surface area (Å²) < 4.78 is 0. The van der Waals surface area contributed by atoms with E-state index in [-0.39, 0.29) is 11.9 Å². The summed E-state index contributed by atoms with van der Waals surface area (Å²) in [6, 6.07) is 0. The highest BCUT2D eigenvalue weighted by Gasteiger charge is 1.95. The van der Waals surface area contributed by atoms with Gasteiger partial charge >= 0.3 is 0 Å². The summed E-state index contributed by atoms with van der Waals surface area (Å²) in [6.45, 7) is 0. The topological polar surface area (TPSA) is 135 Å². The molecule has 1 aromatic rings. The summed E-state index contributed by atoms with van der Waals surface area (Å²) in [5.41, 5.74) is 0. The van der Waals surface area contributed by atoms with E-state index in [1.165, 1.54) is 6.33 Å². The molecule has 0 aliphatic rings. The summed E-state index contributed by atoms with van der Waals surface area (Å²) in [5.74, 6) is 0.198. The number of nitriles is 2. The number of aliphatic imine (C=N–C) groups is 2. The van der Waals surface area contributed by atoms with Gasteiger partial charge in [-0.1, -0.05) is 0 Å². The average molecular weight is 215 g/mol. The van der Waals surface area contributed by atoms with Crippen LogP contribution in [0, 0.1) is 22.9 Å². The van der Waals surface area contributed by atoms with E-state index in [0.717, 1.165) is 12.7 Å². The van der Waals surface area contributed by atoms with Crippen molar-refractivity contribution < 1.29 is 0 Å². The summed E-state index contributed by atoms with van der Waals surface area (Å²) >= 11 is 0. The highest BCUT2D eigenvalue weighted by atomic mass is 15.2. The Bertz CT molecular complexity index is 436. The van der Waals surface area contributed by atoms with Crippen LogP contribution in [0.2, 0.25) is 0 Å². The minimum Gasteiger partial charge on any atom is -0.283 e. The lowest BCUT2D eigenvalue weighted by molar-refractivity contribution is 1.02. The van der Waals surface area contributed by atoms with Crippen molar-refractivity contribution in [3.63, 3.8) is 0 Å². The van der Waals surface area contributed by atoms with Crippen LogP contribution < -0.4 is 10.6 Å². The smallest absolute Gasteiger partial charge is 0.255 e. The maximum Gasteiger partial charge on any atom is 0.255 e. The molecule has 0 spiro atoms. The first-order valence-electron chi connectivity index (χ1n) is 3.90. The van der Waals surface area contributed by atoms with Crippen LogP contribution in [0.25, 0.3) is 0 Å². The Balaban J connectivity index is 2.72. The number of nitrogens with zero attached hydrogens (tertiary/aromatic N) is 7. The molecule has 0 unspecified atom stereocenters. The standard InChI is InChI=1S/C7H5N9/c8-1-10-3-12-6-14-5-15-7(16-6)13-4-11-2-9/h3-5H,(H2,10,11,12,13,14,15,16). The SMILES string of the molecule is N#CNC=Nc1ncnc(N=CNC#N)n1. The van der Waals surface area contributed by atoms with Crippen molar-refractivity contribution >= 4 is 24.6 Å². The van der Waals surface area contributed by atoms with Gasteiger partial charge in [0.2, 0.25) is 0 Å². The third-order valence-corrected chi connectivity index (χ3v) is 1.16. The van der Waals surface area contributed by atoms with Crippen molar-refractivity contribution in [3.8, 4) is 12.4 Å². The number of hydrogen-bond acceptors (Lipinski definition) is 7. The lowest BCUT2D eigenvalue weighted by atomic mass is 10.9. The van der Waals surface area contributed by atoms with E-state index < -0.39 is 0 Å². The van der Waals surface area contributed by atoms with Gasteiger partial charge in [-0.25, -0.2) is 9.98 Å². The van der Waals surface area contributed by atoms with Crippen molar-refractivity contribution in [2.45, 2.75) is 0 Å². The lowest BCUT2D eigenvalue weighted by Crippen LogP contribution is -2.01. The Morgan fingerprint density at radius 2 is 1.56 bits per heavy atom. The first-order valence-corrected chi connectivity index (χ1v) is 3.90. The Kier molecular flexibility index (Phi) is 4.40. The lowest BCUT2D eigenvalue weighted by Gasteiger charge is -1.92. The van der Waals surface area contributed by atoms with Gasteiger partial charge in [0, 0.05) is 0 Å². The monoisotopic (exact) mass is 215 g/mol. The second-order valence-corrected chi connectivity index (χ2v) is 2.11. The van der Waals surface area contributed by atoms with Gasteiger partial charge in [0.15, 0.2) is 12.4 Å². The molecule has 2 N–H and O–H groups in total. The predicted octanol–water partition coefficient (Wildman–Crippen LogP) is -0.667. The number of nitrogens with one attached hydrogen (secondary N) is 2. The molecular weight excluding hydrogens is 210 g/mol. The van der Waals surface area contributed by atoms with Gasteiger partial charge < -0.3 is 0 Å². The van der Waals surface area contributed by atoms with E-state index in [1.807, 2.05) is 0 Å². The van der Waals surface area contributed by atoms with Gasteiger partial charge in [0.25, 0.3) is 11.9 Å². The van der Waals surface area contributed by atoms with Crippen LogP contribution in [0.5, 0.6) is 0 Å². The van der Waals surface area contributed by atoms with Gasteiger partial charge in [-0.2, -0.15) is 25.5 Å². The summed E-state index contributed by atoms with van der Waals surface area (Å²) in [5, 5.41) is 20.7. The zero-order valence-corrected chi connectivity index (χ0v) is 7.86. The van der Waals surface area contributed by atoms with Crippen molar-refractivity contribution in [3.05, 3.63) is 6.33 Å².